The van der Waals surface area contributed by atoms with E-state index < -0.39 is 0 Å². The number of hydrazone groups is 1. The number of amides is 1. The molecule has 2 N–H and O–H groups in total. The molecule has 0 heterocycles. The van der Waals surface area contributed by atoms with Crippen LogP contribution in [0.5, 0.6) is 5.75 Å². The molecule has 3 rings (SSSR count). The van der Waals surface area contributed by atoms with E-state index in [9.17, 15) is 9.90 Å². The minimum Gasteiger partial charge on any atom is -0.507 e. The van der Waals surface area contributed by atoms with Crippen molar-refractivity contribution in [3.8, 4) is 5.75 Å². The molecule has 3 aromatic rings. The van der Waals surface area contributed by atoms with Gasteiger partial charge in [-0.2, -0.15) is 15.3 Å². The quantitative estimate of drug-likeness (QED) is 0.330. The second kappa shape index (κ2) is 8.86. The number of carbonyl (C=O) groups is 1. The maximum atomic E-state index is 12.0. The van der Waals surface area contributed by atoms with Crippen molar-refractivity contribution in [3.63, 3.8) is 0 Å². The maximum Gasteiger partial charge on any atom is 0.271 e. The van der Waals surface area contributed by atoms with Gasteiger partial charge < -0.3 is 5.11 Å². The molecule has 0 aliphatic heterocycles. The van der Waals surface area contributed by atoms with Gasteiger partial charge in [0.05, 0.1) is 17.6 Å². The van der Waals surface area contributed by atoms with Crippen LogP contribution in [-0.4, -0.2) is 17.2 Å². The van der Waals surface area contributed by atoms with Gasteiger partial charge in [0, 0.05) is 15.6 Å². The molecule has 1 amide bonds. The molecule has 6 nitrogen and oxygen atoms in total. The molecule has 0 saturated carbocycles. The van der Waals surface area contributed by atoms with E-state index in [1.54, 1.807) is 36.4 Å². The van der Waals surface area contributed by atoms with Crippen molar-refractivity contribution in [3.05, 3.63) is 88.4 Å². The van der Waals surface area contributed by atoms with Gasteiger partial charge in [-0.25, -0.2) is 5.43 Å². The van der Waals surface area contributed by atoms with Crippen molar-refractivity contribution < 1.29 is 9.90 Å². The molecule has 0 unspecified atom stereocenters. The zero-order valence-corrected chi connectivity index (χ0v) is 15.7. The van der Waals surface area contributed by atoms with E-state index in [2.05, 4.69) is 36.7 Å². The summed E-state index contributed by atoms with van der Waals surface area (Å²) in [5, 5.41) is 22.1. The largest absolute Gasteiger partial charge is 0.507 e. The van der Waals surface area contributed by atoms with Gasteiger partial charge in [0.15, 0.2) is 0 Å². The molecular formula is C20H15BrN4O2. The number of phenols is 1. The van der Waals surface area contributed by atoms with E-state index >= 15 is 0 Å². The van der Waals surface area contributed by atoms with Gasteiger partial charge in [-0.05, 0) is 54.6 Å². The summed E-state index contributed by atoms with van der Waals surface area (Å²) in [7, 11) is 0. The molecule has 27 heavy (non-hydrogen) atoms. The number of azo groups is 1. The van der Waals surface area contributed by atoms with E-state index in [1.165, 1.54) is 12.3 Å². The van der Waals surface area contributed by atoms with Crippen molar-refractivity contribution in [1.29, 1.82) is 0 Å². The van der Waals surface area contributed by atoms with Crippen LogP contribution in [0.2, 0.25) is 0 Å². The molecule has 7 heteroatoms. The number of halogens is 1. The van der Waals surface area contributed by atoms with E-state index in [0.717, 1.165) is 10.2 Å². The maximum absolute atomic E-state index is 12.0. The number of benzene rings is 3. The van der Waals surface area contributed by atoms with E-state index in [1.807, 2.05) is 30.3 Å². The van der Waals surface area contributed by atoms with Crippen molar-refractivity contribution in [2.45, 2.75) is 0 Å². The number of carbonyl (C=O) groups excluding carboxylic acids is 1. The Balaban J connectivity index is 1.69. The summed E-state index contributed by atoms with van der Waals surface area (Å²) in [4.78, 5) is 12.0. The van der Waals surface area contributed by atoms with Crippen LogP contribution in [0.15, 0.2) is 92.6 Å². The number of rotatable bonds is 5. The molecule has 134 valence electrons. The number of nitrogens with one attached hydrogen (secondary N) is 1. The van der Waals surface area contributed by atoms with Crippen LogP contribution in [0.4, 0.5) is 11.4 Å². The van der Waals surface area contributed by atoms with Gasteiger partial charge in [0.25, 0.3) is 5.91 Å². The first-order valence-electron chi connectivity index (χ1n) is 8.00. The van der Waals surface area contributed by atoms with Gasteiger partial charge in [0.1, 0.15) is 5.75 Å². The number of aromatic hydroxyl groups is 1. The Morgan fingerprint density at radius 2 is 1.63 bits per heavy atom. The zero-order chi connectivity index (χ0) is 19.1. The van der Waals surface area contributed by atoms with E-state index in [4.69, 9.17) is 0 Å². The van der Waals surface area contributed by atoms with Crippen molar-refractivity contribution in [1.82, 2.24) is 5.43 Å². The Hall–Kier alpha value is -3.32. The Kier molecular flexibility index (Phi) is 6.06. The predicted octanol–water partition coefficient (Wildman–Crippen LogP) is 5.33. The van der Waals surface area contributed by atoms with Crippen molar-refractivity contribution in [2.75, 3.05) is 0 Å². The second-order valence-electron chi connectivity index (χ2n) is 5.48. The normalized spacial score (nSPS) is 11.1. The van der Waals surface area contributed by atoms with Gasteiger partial charge in [0.2, 0.25) is 0 Å². The minimum absolute atomic E-state index is 0.0234. The third kappa shape index (κ3) is 5.32. The lowest BCUT2D eigenvalue weighted by Gasteiger charge is -2.02. The number of hydrogen-bond donors (Lipinski definition) is 2. The molecule has 3 aromatic carbocycles. The highest BCUT2D eigenvalue weighted by Crippen LogP contribution is 2.24. The number of phenolic OH excluding ortho intramolecular Hbond substituents is 1. The van der Waals surface area contributed by atoms with Crippen LogP contribution in [0, 0.1) is 0 Å². The van der Waals surface area contributed by atoms with E-state index in [-0.39, 0.29) is 11.7 Å². The summed E-state index contributed by atoms with van der Waals surface area (Å²) in [5.74, 6) is -0.325. The standard InChI is InChI=1S/C20H15BrN4O2/c21-16-8-6-14(7-9-16)20(27)25-22-13-15-12-18(10-11-19(15)26)24-23-17-4-2-1-3-5-17/h1-13,26H,(H,25,27)/b22-13+,24-23?. The molecule has 0 saturated heterocycles. The van der Waals surface area contributed by atoms with Gasteiger partial charge in [-0.1, -0.05) is 34.1 Å². The number of hydrogen-bond acceptors (Lipinski definition) is 5. The van der Waals surface area contributed by atoms with Gasteiger partial charge >= 0.3 is 0 Å². The molecule has 0 aromatic heterocycles. The van der Waals surface area contributed by atoms with Crippen molar-refractivity contribution in [2.24, 2.45) is 15.3 Å². The second-order valence-corrected chi connectivity index (χ2v) is 6.40. The predicted molar refractivity (Wildman–Crippen MR) is 108 cm³/mol. The first-order chi connectivity index (χ1) is 13.1. The summed E-state index contributed by atoms with van der Waals surface area (Å²) in [6.07, 6.45) is 1.35. The van der Waals surface area contributed by atoms with Crippen LogP contribution in [0.1, 0.15) is 15.9 Å². The topological polar surface area (TPSA) is 86.4 Å². The van der Waals surface area contributed by atoms with Crippen LogP contribution in [0.25, 0.3) is 0 Å². The fourth-order valence-corrected chi connectivity index (χ4v) is 2.41. The summed E-state index contributed by atoms with van der Waals surface area (Å²) >= 11 is 3.31. The summed E-state index contributed by atoms with van der Waals surface area (Å²) in [6, 6.07) is 21.0. The molecular weight excluding hydrogens is 408 g/mol. The first kappa shape index (κ1) is 18.5. The van der Waals surface area contributed by atoms with Crippen LogP contribution >= 0.6 is 15.9 Å². The Bertz CT molecular complexity index is 987. The fourth-order valence-electron chi connectivity index (χ4n) is 2.14. The third-order valence-electron chi connectivity index (χ3n) is 3.52. The molecule has 0 spiro atoms. The van der Waals surface area contributed by atoms with E-state index in [0.29, 0.717) is 16.8 Å². The molecule has 0 aliphatic rings. The molecule has 0 radical (unpaired) electrons. The van der Waals surface area contributed by atoms with Gasteiger partial charge in [-0.3, -0.25) is 4.79 Å². The monoisotopic (exact) mass is 422 g/mol. The Morgan fingerprint density at radius 1 is 0.926 bits per heavy atom. The molecule has 0 atom stereocenters. The lowest BCUT2D eigenvalue weighted by molar-refractivity contribution is 0.0955. The smallest absolute Gasteiger partial charge is 0.271 e. The first-order valence-corrected chi connectivity index (χ1v) is 8.80. The molecule has 0 aliphatic carbocycles. The van der Waals surface area contributed by atoms with Crippen LogP contribution in [-0.2, 0) is 0 Å². The average molecular weight is 423 g/mol. The Morgan fingerprint density at radius 3 is 2.37 bits per heavy atom. The van der Waals surface area contributed by atoms with Gasteiger partial charge in [-0.15, -0.1) is 0 Å². The highest BCUT2D eigenvalue weighted by molar-refractivity contribution is 9.10. The highest BCUT2D eigenvalue weighted by atomic mass is 79.9. The lowest BCUT2D eigenvalue weighted by atomic mass is 10.2. The molecule has 0 bridgehead atoms. The SMILES string of the molecule is O=C(N/N=C/c1cc(N=Nc2ccccc2)ccc1O)c1ccc(Br)cc1. The zero-order valence-electron chi connectivity index (χ0n) is 14.1. The van der Waals surface area contributed by atoms with Crippen LogP contribution < -0.4 is 5.43 Å². The fraction of sp³-hybridized carbons (Fsp3) is 0. The molecule has 0 fully saturated rings. The summed E-state index contributed by atoms with van der Waals surface area (Å²) < 4.78 is 0.883. The van der Waals surface area contributed by atoms with Crippen molar-refractivity contribution >= 4 is 39.4 Å². The minimum atomic E-state index is -0.349. The highest BCUT2D eigenvalue weighted by Gasteiger charge is 2.04. The summed E-state index contributed by atoms with van der Waals surface area (Å²) in [6.45, 7) is 0. The third-order valence-corrected chi connectivity index (χ3v) is 4.05. The summed E-state index contributed by atoms with van der Waals surface area (Å²) in [5.41, 5.74) is 4.59. The Labute approximate surface area is 164 Å². The number of nitrogens with zero attached hydrogens (tertiary/aromatic N) is 3. The lowest BCUT2D eigenvalue weighted by Crippen LogP contribution is -2.17. The van der Waals surface area contributed by atoms with Crippen LogP contribution in [0.3, 0.4) is 0 Å². The average Bonchev–Trinajstić information content (AvgIpc) is 2.69.